The number of hydrogen-bond donors (Lipinski definition) is 3. The topological polar surface area (TPSA) is 110 Å². The average Bonchev–Trinajstić information content (AvgIpc) is 2.37. The highest BCUT2D eigenvalue weighted by atomic mass is 16.5. The summed E-state index contributed by atoms with van der Waals surface area (Å²) >= 11 is 0. The summed E-state index contributed by atoms with van der Waals surface area (Å²) in [5.41, 5.74) is 0. The summed E-state index contributed by atoms with van der Waals surface area (Å²) in [6.45, 7) is 0.453. The molecular formula is C12H23N3O5. The van der Waals surface area contributed by atoms with Gasteiger partial charge >= 0.3 is 0 Å². The predicted octanol–water partition coefficient (Wildman–Crippen LogP) is 0.138. The third-order valence-electron chi connectivity index (χ3n) is 2.66. The standard InChI is InChI=1S/C12H23N3O5/c1-14(19)11(17)7-3-4-9-13-10(16)6-5-8-12(18)15(2)20/h19-20H,3-9H2,1-2H3,(H,13,16). The number of carbonyl (C=O) groups is 3. The Morgan fingerprint density at radius 1 is 0.850 bits per heavy atom. The Balaban J connectivity index is 3.50. The number of unbranched alkanes of at least 4 members (excludes halogenated alkanes) is 1. The van der Waals surface area contributed by atoms with E-state index < -0.39 is 5.91 Å². The molecule has 0 fully saturated rings. The summed E-state index contributed by atoms with van der Waals surface area (Å²) in [5, 5.41) is 21.3. The molecule has 0 atom stereocenters. The average molecular weight is 289 g/mol. The zero-order valence-electron chi connectivity index (χ0n) is 12.0. The van der Waals surface area contributed by atoms with Crippen molar-refractivity contribution < 1.29 is 24.8 Å². The van der Waals surface area contributed by atoms with Crippen LogP contribution in [0.2, 0.25) is 0 Å². The van der Waals surface area contributed by atoms with E-state index in [2.05, 4.69) is 5.32 Å². The first-order chi connectivity index (χ1) is 9.34. The molecule has 0 aromatic rings. The van der Waals surface area contributed by atoms with Gasteiger partial charge in [-0.25, -0.2) is 10.1 Å². The number of hydrogen-bond acceptors (Lipinski definition) is 5. The van der Waals surface area contributed by atoms with Crippen molar-refractivity contribution in [1.29, 1.82) is 0 Å². The Labute approximate surface area is 118 Å². The van der Waals surface area contributed by atoms with Gasteiger partial charge in [-0.2, -0.15) is 0 Å². The van der Waals surface area contributed by atoms with Crippen molar-refractivity contribution in [3.63, 3.8) is 0 Å². The van der Waals surface area contributed by atoms with Gasteiger partial charge < -0.3 is 5.32 Å². The third-order valence-corrected chi connectivity index (χ3v) is 2.66. The van der Waals surface area contributed by atoms with Gasteiger partial charge in [0, 0.05) is 39.9 Å². The molecule has 0 spiro atoms. The highest BCUT2D eigenvalue weighted by Crippen LogP contribution is 1.99. The highest BCUT2D eigenvalue weighted by molar-refractivity contribution is 5.78. The fraction of sp³-hybridized carbons (Fsp3) is 0.750. The first kappa shape index (κ1) is 18.3. The molecule has 0 saturated carbocycles. The van der Waals surface area contributed by atoms with Gasteiger partial charge in [0.2, 0.25) is 17.7 Å². The molecule has 20 heavy (non-hydrogen) atoms. The molecule has 8 nitrogen and oxygen atoms in total. The van der Waals surface area contributed by atoms with E-state index in [-0.39, 0.29) is 31.1 Å². The number of hydroxylamine groups is 4. The van der Waals surface area contributed by atoms with E-state index in [4.69, 9.17) is 10.4 Å². The van der Waals surface area contributed by atoms with Crippen molar-refractivity contribution in [2.24, 2.45) is 0 Å². The van der Waals surface area contributed by atoms with Gasteiger partial charge in [0.1, 0.15) is 0 Å². The molecule has 0 heterocycles. The highest BCUT2D eigenvalue weighted by Gasteiger charge is 2.08. The van der Waals surface area contributed by atoms with Gasteiger partial charge in [0.15, 0.2) is 0 Å². The fourth-order valence-electron chi connectivity index (χ4n) is 1.44. The molecule has 0 bridgehead atoms. The van der Waals surface area contributed by atoms with Gasteiger partial charge in [-0.05, 0) is 19.3 Å². The minimum absolute atomic E-state index is 0.123. The van der Waals surface area contributed by atoms with Crippen LogP contribution in [0.15, 0.2) is 0 Å². The molecule has 116 valence electrons. The summed E-state index contributed by atoms with van der Waals surface area (Å²) in [4.78, 5) is 33.4. The van der Waals surface area contributed by atoms with Crippen LogP contribution in [0, 0.1) is 0 Å². The predicted molar refractivity (Wildman–Crippen MR) is 69.8 cm³/mol. The largest absolute Gasteiger partial charge is 0.356 e. The normalized spacial score (nSPS) is 10.0. The molecule has 0 rings (SSSR count). The van der Waals surface area contributed by atoms with E-state index in [1.54, 1.807) is 0 Å². The fourth-order valence-corrected chi connectivity index (χ4v) is 1.44. The maximum absolute atomic E-state index is 11.4. The van der Waals surface area contributed by atoms with E-state index >= 15 is 0 Å². The van der Waals surface area contributed by atoms with Crippen LogP contribution in [0.25, 0.3) is 0 Å². The Morgan fingerprint density at radius 2 is 1.35 bits per heavy atom. The van der Waals surface area contributed by atoms with Crippen molar-refractivity contribution in [2.75, 3.05) is 20.6 Å². The minimum atomic E-state index is -0.426. The van der Waals surface area contributed by atoms with Crippen LogP contribution in [0.4, 0.5) is 0 Å². The van der Waals surface area contributed by atoms with Crippen LogP contribution in [-0.4, -0.2) is 58.9 Å². The maximum atomic E-state index is 11.4. The van der Waals surface area contributed by atoms with Crippen LogP contribution >= 0.6 is 0 Å². The second kappa shape index (κ2) is 10.2. The molecule has 8 heteroatoms. The monoisotopic (exact) mass is 289 g/mol. The molecule has 3 N–H and O–H groups in total. The van der Waals surface area contributed by atoms with E-state index in [0.29, 0.717) is 35.9 Å². The molecule has 0 aromatic carbocycles. The van der Waals surface area contributed by atoms with Crippen molar-refractivity contribution >= 4 is 17.7 Å². The number of nitrogens with zero attached hydrogens (tertiary/aromatic N) is 2. The summed E-state index contributed by atoms with van der Waals surface area (Å²) in [6.07, 6.45) is 2.18. The van der Waals surface area contributed by atoms with E-state index in [0.717, 1.165) is 0 Å². The number of nitrogens with one attached hydrogen (secondary N) is 1. The van der Waals surface area contributed by atoms with Crippen molar-refractivity contribution in [1.82, 2.24) is 15.4 Å². The molecule has 0 aliphatic heterocycles. The minimum Gasteiger partial charge on any atom is -0.356 e. The second-order valence-corrected chi connectivity index (χ2v) is 4.50. The van der Waals surface area contributed by atoms with E-state index in [1.165, 1.54) is 14.1 Å². The molecule has 0 saturated heterocycles. The number of rotatable bonds is 9. The molecule has 0 radical (unpaired) electrons. The molecule has 0 aliphatic carbocycles. The first-order valence-electron chi connectivity index (χ1n) is 6.52. The Morgan fingerprint density at radius 3 is 1.85 bits per heavy atom. The SMILES string of the molecule is CN(O)C(=O)CCCCNC(=O)CCCC(=O)N(C)O. The van der Waals surface area contributed by atoms with Crippen LogP contribution in [0.5, 0.6) is 0 Å². The molecule has 3 amide bonds. The van der Waals surface area contributed by atoms with Crippen LogP contribution in [0.3, 0.4) is 0 Å². The van der Waals surface area contributed by atoms with Crippen LogP contribution < -0.4 is 5.32 Å². The Kier molecular flexibility index (Phi) is 9.31. The molecule has 0 unspecified atom stereocenters. The van der Waals surface area contributed by atoms with Crippen LogP contribution in [0.1, 0.15) is 38.5 Å². The first-order valence-corrected chi connectivity index (χ1v) is 6.52. The third kappa shape index (κ3) is 9.29. The quantitative estimate of drug-likeness (QED) is 0.318. The summed E-state index contributed by atoms with van der Waals surface area (Å²) in [7, 11) is 2.52. The number of carbonyl (C=O) groups excluding carboxylic acids is 3. The van der Waals surface area contributed by atoms with Crippen LogP contribution in [-0.2, 0) is 14.4 Å². The Bertz CT molecular complexity index is 331. The lowest BCUT2D eigenvalue weighted by molar-refractivity contribution is -0.159. The maximum Gasteiger partial charge on any atom is 0.245 e. The second-order valence-electron chi connectivity index (χ2n) is 4.50. The zero-order valence-corrected chi connectivity index (χ0v) is 12.0. The lowest BCUT2D eigenvalue weighted by Crippen LogP contribution is -2.26. The molecule has 0 aromatic heterocycles. The van der Waals surface area contributed by atoms with E-state index in [1.807, 2.05) is 0 Å². The summed E-state index contributed by atoms with van der Waals surface area (Å²) in [5.74, 6) is -0.948. The van der Waals surface area contributed by atoms with Gasteiger partial charge in [0.25, 0.3) is 0 Å². The lowest BCUT2D eigenvalue weighted by atomic mass is 10.2. The number of amides is 3. The van der Waals surface area contributed by atoms with Crippen molar-refractivity contribution in [3.05, 3.63) is 0 Å². The van der Waals surface area contributed by atoms with Crippen molar-refractivity contribution in [3.8, 4) is 0 Å². The van der Waals surface area contributed by atoms with E-state index in [9.17, 15) is 14.4 Å². The Hall–Kier alpha value is -1.67. The smallest absolute Gasteiger partial charge is 0.245 e. The zero-order chi connectivity index (χ0) is 15.5. The molecule has 0 aliphatic rings. The van der Waals surface area contributed by atoms with Crippen molar-refractivity contribution in [2.45, 2.75) is 38.5 Å². The van der Waals surface area contributed by atoms with Gasteiger partial charge in [-0.3, -0.25) is 24.8 Å². The lowest BCUT2D eigenvalue weighted by Gasteiger charge is -2.09. The summed E-state index contributed by atoms with van der Waals surface area (Å²) in [6, 6.07) is 0. The van der Waals surface area contributed by atoms with Gasteiger partial charge in [-0.15, -0.1) is 0 Å². The van der Waals surface area contributed by atoms with Gasteiger partial charge in [0.05, 0.1) is 0 Å². The summed E-state index contributed by atoms with van der Waals surface area (Å²) < 4.78 is 0. The van der Waals surface area contributed by atoms with Gasteiger partial charge in [-0.1, -0.05) is 0 Å². The molecular weight excluding hydrogens is 266 g/mol.